The quantitative estimate of drug-likeness (QED) is 0.893. The number of nitrogens with one attached hydrogen (secondary N) is 1. The molecule has 2 rings (SSSR count). The van der Waals surface area contributed by atoms with Gasteiger partial charge >= 0.3 is 0 Å². The fraction of sp³-hybridized carbons (Fsp3) is 0.571. The van der Waals surface area contributed by atoms with Gasteiger partial charge in [0.05, 0.1) is 12.6 Å². The maximum atomic E-state index is 12.9. The molecule has 0 aliphatic carbocycles. The van der Waals surface area contributed by atoms with Crippen molar-refractivity contribution in [1.82, 2.24) is 10.2 Å². The number of halogens is 2. The summed E-state index contributed by atoms with van der Waals surface area (Å²) in [6.07, 6.45) is 0. The molecule has 1 aromatic rings. The lowest BCUT2D eigenvalue weighted by Crippen LogP contribution is -2.55. The molecular formula is C14H22ClFN2O. The molecule has 0 radical (unpaired) electrons. The van der Waals surface area contributed by atoms with Crippen LogP contribution in [0.3, 0.4) is 0 Å². The third kappa shape index (κ3) is 3.89. The number of aliphatic hydroxyl groups is 1. The molecule has 0 spiro atoms. The lowest BCUT2D eigenvalue weighted by Gasteiger charge is -2.42. The van der Waals surface area contributed by atoms with Crippen LogP contribution in [0, 0.1) is 5.82 Å². The molecule has 0 aromatic heterocycles. The minimum absolute atomic E-state index is 0. The Kier molecular flexibility index (Phi) is 6.20. The van der Waals surface area contributed by atoms with E-state index in [1.807, 2.05) is 0 Å². The van der Waals surface area contributed by atoms with Gasteiger partial charge in [-0.05, 0) is 31.5 Å². The molecule has 1 heterocycles. The van der Waals surface area contributed by atoms with Crippen LogP contribution >= 0.6 is 12.4 Å². The summed E-state index contributed by atoms with van der Waals surface area (Å²) in [7, 11) is 0. The van der Waals surface area contributed by atoms with Crippen LogP contribution in [0.5, 0.6) is 0 Å². The van der Waals surface area contributed by atoms with Crippen LogP contribution in [0.2, 0.25) is 0 Å². The summed E-state index contributed by atoms with van der Waals surface area (Å²) in [5, 5.41) is 13.1. The van der Waals surface area contributed by atoms with Crippen molar-refractivity contribution in [3.8, 4) is 0 Å². The van der Waals surface area contributed by atoms with Gasteiger partial charge in [-0.3, -0.25) is 4.90 Å². The van der Waals surface area contributed by atoms with Crippen LogP contribution in [0.25, 0.3) is 0 Å². The average Bonchev–Trinajstić information content (AvgIpc) is 2.37. The Labute approximate surface area is 120 Å². The lowest BCUT2D eigenvalue weighted by molar-refractivity contribution is 0.0577. The zero-order valence-electron chi connectivity index (χ0n) is 11.3. The zero-order chi connectivity index (χ0) is 13.1. The smallest absolute Gasteiger partial charge is 0.123 e. The summed E-state index contributed by atoms with van der Waals surface area (Å²) in [6, 6.07) is 7.15. The molecule has 0 bridgehead atoms. The number of benzene rings is 1. The van der Waals surface area contributed by atoms with E-state index in [-0.39, 0.29) is 30.9 Å². The molecule has 19 heavy (non-hydrogen) atoms. The minimum atomic E-state index is -0.239. The van der Waals surface area contributed by atoms with E-state index in [2.05, 4.69) is 24.1 Å². The van der Waals surface area contributed by atoms with Gasteiger partial charge in [-0.2, -0.15) is 0 Å². The van der Waals surface area contributed by atoms with E-state index in [1.54, 1.807) is 12.1 Å². The SMILES string of the molecule is C[C@@H]1CN[C@@H](C)CN1C(CO)c1ccc(F)cc1.Cl. The van der Waals surface area contributed by atoms with Gasteiger partial charge in [0, 0.05) is 25.2 Å². The molecule has 1 aromatic carbocycles. The zero-order valence-corrected chi connectivity index (χ0v) is 12.2. The van der Waals surface area contributed by atoms with Gasteiger partial charge in [-0.15, -0.1) is 12.4 Å². The first-order valence-corrected chi connectivity index (χ1v) is 6.47. The van der Waals surface area contributed by atoms with E-state index >= 15 is 0 Å². The number of hydrogen-bond donors (Lipinski definition) is 2. The fourth-order valence-electron chi connectivity index (χ4n) is 2.57. The third-order valence-corrected chi connectivity index (χ3v) is 3.64. The Balaban J connectivity index is 0.00000180. The molecule has 0 saturated carbocycles. The molecule has 5 heteroatoms. The topological polar surface area (TPSA) is 35.5 Å². The first kappa shape index (κ1) is 16.4. The Hall–Kier alpha value is -0.680. The average molecular weight is 289 g/mol. The van der Waals surface area contributed by atoms with E-state index < -0.39 is 0 Å². The molecule has 1 aliphatic heterocycles. The van der Waals surface area contributed by atoms with E-state index in [9.17, 15) is 9.50 Å². The number of rotatable bonds is 3. The number of piperazine rings is 1. The molecule has 3 atom stereocenters. The molecule has 1 aliphatic rings. The molecule has 3 nitrogen and oxygen atoms in total. The monoisotopic (exact) mass is 288 g/mol. The Morgan fingerprint density at radius 3 is 2.58 bits per heavy atom. The number of nitrogens with zero attached hydrogens (tertiary/aromatic N) is 1. The standard InChI is InChI=1S/C14H21FN2O.ClH/c1-10-8-17(11(2)7-16-10)14(9-18)12-3-5-13(15)6-4-12;/h3-6,10-11,14,16,18H,7-9H2,1-2H3;1H/t10-,11+,14?;/m0./s1. The first-order chi connectivity index (χ1) is 8.61. The van der Waals surface area contributed by atoms with Crippen LogP contribution in [0.4, 0.5) is 4.39 Å². The summed E-state index contributed by atoms with van der Waals surface area (Å²) in [4.78, 5) is 2.29. The molecular weight excluding hydrogens is 267 g/mol. The van der Waals surface area contributed by atoms with Crippen LogP contribution in [0.1, 0.15) is 25.5 Å². The first-order valence-electron chi connectivity index (χ1n) is 6.47. The Morgan fingerprint density at radius 2 is 2.00 bits per heavy atom. The van der Waals surface area contributed by atoms with Crippen molar-refractivity contribution >= 4 is 12.4 Å². The van der Waals surface area contributed by atoms with Crippen LogP contribution < -0.4 is 5.32 Å². The van der Waals surface area contributed by atoms with Crippen molar-refractivity contribution in [3.05, 3.63) is 35.6 Å². The van der Waals surface area contributed by atoms with E-state index in [0.29, 0.717) is 12.1 Å². The van der Waals surface area contributed by atoms with Gasteiger partial charge in [0.2, 0.25) is 0 Å². The summed E-state index contributed by atoms with van der Waals surface area (Å²) in [5.74, 6) is -0.239. The van der Waals surface area contributed by atoms with Gasteiger partial charge in [-0.25, -0.2) is 4.39 Å². The van der Waals surface area contributed by atoms with Crippen LogP contribution in [-0.4, -0.2) is 41.8 Å². The van der Waals surface area contributed by atoms with Crippen molar-refractivity contribution in [2.75, 3.05) is 19.7 Å². The van der Waals surface area contributed by atoms with Crippen LogP contribution in [-0.2, 0) is 0 Å². The Morgan fingerprint density at radius 1 is 1.37 bits per heavy atom. The minimum Gasteiger partial charge on any atom is -0.394 e. The fourth-order valence-corrected chi connectivity index (χ4v) is 2.57. The second-order valence-electron chi connectivity index (χ2n) is 5.11. The van der Waals surface area contributed by atoms with E-state index in [4.69, 9.17) is 0 Å². The highest BCUT2D eigenvalue weighted by Gasteiger charge is 2.29. The van der Waals surface area contributed by atoms with Crippen molar-refractivity contribution in [1.29, 1.82) is 0 Å². The summed E-state index contributed by atoms with van der Waals surface area (Å²) < 4.78 is 12.9. The van der Waals surface area contributed by atoms with Crippen molar-refractivity contribution in [2.24, 2.45) is 0 Å². The van der Waals surface area contributed by atoms with Gasteiger partial charge in [0.15, 0.2) is 0 Å². The van der Waals surface area contributed by atoms with Crippen molar-refractivity contribution in [2.45, 2.75) is 32.0 Å². The molecule has 1 saturated heterocycles. The summed E-state index contributed by atoms with van der Waals surface area (Å²) in [5.41, 5.74) is 0.972. The van der Waals surface area contributed by atoms with Gasteiger partial charge in [0.25, 0.3) is 0 Å². The third-order valence-electron chi connectivity index (χ3n) is 3.64. The Bertz CT molecular complexity index is 388. The van der Waals surface area contributed by atoms with Crippen LogP contribution in [0.15, 0.2) is 24.3 Å². The lowest BCUT2D eigenvalue weighted by atomic mass is 10.0. The van der Waals surface area contributed by atoms with E-state index in [0.717, 1.165) is 18.7 Å². The highest BCUT2D eigenvalue weighted by Crippen LogP contribution is 2.24. The van der Waals surface area contributed by atoms with Crippen molar-refractivity contribution in [3.63, 3.8) is 0 Å². The van der Waals surface area contributed by atoms with Gasteiger partial charge in [-0.1, -0.05) is 12.1 Å². The maximum Gasteiger partial charge on any atom is 0.123 e. The van der Waals surface area contributed by atoms with E-state index in [1.165, 1.54) is 12.1 Å². The second-order valence-corrected chi connectivity index (χ2v) is 5.11. The normalized spacial score (nSPS) is 25.7. The summed E-state index contributed by atoms with van der Waals surface area (Å²) in [6.45, 7) is 6.15. The summed E-state index contributed by atoms with van der Waals surface area (Å²) >= 11 is 0. The number of hydrogen-bond acceptors (Lipinski definition) is 3. The molecule has 2 N–H and O–H groups in total. The molecule has 0 amide bonds. The molecule has 1 fully saturated rings. The highest BCUT2D eigenvalue weighted by molar-refractivity contribution is 5.85. The predicted molar refractivity (Wildman–Crippen MR) is 77.1 cm³/mol. The largest absolute Gasteiger partial charge is 0.394 e. The maximum absolute atomic E-state index is 12.9. The van der Waals surface area contributed by atoms with Crippen molar-refractivity contribution < 1.29 is 9.50 Å². The molecule has 108 valence electrons. The van der Waals surface area contributed by atoms with Gasteiger partial charge in [0.1, 0.15) is 5.82 Å². The number of aliphatic hydroxyl groups excluding tert-OH is 1. The molecule has 1 unspecified atom stereocenters. The second kappa shape index (κ2) is 7.20. The highest BCUT2D eigenvalue weighted by atomic mass is 35.5. The van der Waals surface area contributed by atoms with Gasteiger partial charge < -0.3 is 10.4 Å². The predicted octanol–water partition coefficient (Wildman–Crippen LogP) is 1.96.